The molecule has 0 unspecified atom stereocenters. The molecular weight excluding hydrogens is 395 g/mol. The third kappa shape index (κ3) is 3.15. The summed E-state index contributed by atoms with van der Waals surface area (Å²) < 4.78 is 23.0. The van der Waals surface area contributed by atoms with Crippen molar-refractivity contribution in [2.75, 3.05) is 7.11 Å². The van der Waals surface area contributed by atoms with Crippen LogP contribution in [0.25, 0.3) is 16.7 Å². The van der Waals surface area contributed by atoms with Crippen LogP contribution in [0.1, 0.15) is 30.4 Å². The number of aryl methyl sites for hydroxylation is 2. The number of halogens is 2. The maximum atomic E-state index is 14.4. The number of fused-ring (bicyclic) bond motifs is 3. The van der Waals surface area contributed by atoms with Gasteiger partial charge in [0.1, 0.15) is 17.2 Å². The second kappa shape index (κ2) is 7.48. The van der Waals surface area contributed by atoms with Crippen molar-refractivity contribution in [1.82, 2.24) is 18.9 Å². The van der Waals surface area contributed by atoms with Crippen molar-refractivity contribution < 1.29 is 9.13 Å². The number of ether oxygens (including phenoxy) is 1. The Labute approximate surface area is 171 Å². The van der Waals surface area contributed by atoms with E-state index < -0.39 is 5.82 Å². The minimum absolute atomic E-state index is 0.0148. The maximum Gasteiger partial charge on any atom is 0.277 e. The van der Waals surface area contributed by atoms with Gasteiger partial charge in [0.2, 0.25) is 5.88 Å². The number of imidazole rings is 1. The van der Waals surface area contributed by atoms with Gasteiger partial charge >= 0.3 is 0 Å². The summed E-state index contributed by atoms with van der Waals surface area (Å²) in [4.78, 5) is 22.6. The van der Waals surface area contributed by atoms with Crippen LogP contribution >= 0.6 is 11.6 Å². The zero-order valence-corrected chi connectivity index (χ0v) is 17.1. The highest BCUT2D eigenvalue weighted by molar-refractivity contribution is 6.31. The molecule has 0 saturated carbocycles. The molecule has 4 aromatic rings. The second-order valence-electron chi connectivity index (χ2n) is 6.84. The lowest BCUT2D eigenvalue weighted by Crippen LogP contribution is -2.25. The number of methoxy groups -OCH3 is 1. The fraction of sp³-hybridized carbons (Fsp3) is 0.286. The van der Waals surface area contributed by atoms with E-state index in [1.165, 1.54) is 23.8 Å². The molecule has 0 aliphatic carbocycles. The van der Waals surface area contributed by atoms with E-state index in [0.717, 1.165) is 12.2 Å². The van der Waals surface area contributed by atoms with E-state index in [9.17, 15) is 9.18 Å². The molecule has 0 N–H and O–H groups in total. The highest BCUT2D eigenvalue weighted by Crippen LogP contribution is 2.24. The molecule has 6 nitrogen and oxygen atoms in total. The van der Waals surface area contributed by atoms with Gasteiger partial charge in [0.05, 0.1) is 24.9 Å². The van der Waals surface area contributed by atoms with Crippen LogP contribution in [0.5, 0.6) is 5.88 Å². The third-order valence-electron chi connectivity index (χ3n) is 4.96. The monoisotopic (exact) mass is 414 g/mol. The molecule has 1 aromatic carbocycles. The Morgan fingerprint density at radius 2 is 2.00 bits per heavy atom. The summed E-state index contributed by atoms with van der Waals surface area (Å²) >= 11 is 6.22. The first kappa shape index (κ1) is 19.4. The number of rotatable bonds is 5. The van der Waals surface area contributed by atoms with Crippen LogP contribution in [-0.4, -0.2) is 26.0 Å². The maximum absolute atomic E-state index is 14.4. The SMILES string of the molecule is CCCc1nc(C)c2c(=O)n(Cc3c(F)cccc3Cl)c3ccc(OC)nc3n12. The summed E-state index contributed by atoms with van der Waals surface area (Å²) in [7, 11) is 1.53. The van der Waals surface area contributed by atoms with Crippen LogP contribution in [0.2, 0.25) is 5.02 Å². The number of hydrogen-bond acceptors (Lipinski definition) is 4. The van der Waals surface area contributed by atoms with Gasteiger partial charge in [-0.2, -0.15) is 4.98 Å². The fourth-order valence-corrected chi connectivity index (χ4v) is 3.83. The summed E-state index contributed by atoms with van der Waals surface area (Å²) in [6.45, 7) is 3.83. The van der Waals surface area contributed by atoms with E-state index in [0.29, 0.717) is 34.7 Å². The van der Waals surface area contributed by atoms with Crippen molar-refractivity contribution in [2.24, 2.45) is 0 Å². The molecular formula is C21H20ClFN4O2. The van der Waals surface area contributed by atoms with Crippen molar-refractivity contribution >= 4 is 28.3 Å². The van der Waals surface area contributed by atoms with Crippen LogP contribution in [0, 0.1) is 12.7 Å². The summed E-state index contributed by atoms with van der Waals surface area (Å²) in [5.74, 6) is 0.719. The standard InChI is InChI=1S/C21H20ClFN4O2/c1-4-6-17-24-12(2)19-21(28)26(11-13-14(22)7-5-8-15(13)23)16-9-10-18(29-3)25-20(16)27(17)19/h5,7-10H,4,6,11H2,1-3H3. The lowest BCUT2D eigenvalue weighted by molar-refractivity contribution is 0.399. The van der Waals surface area contributed by atoms with Gasteiger partial charge in [-0.15, -0.1) is 0 Å². The smallest absolute Gasteiger partial charge is 0.277 e. The lowest BCUT2D eigenvalue weighted by Gasteiger charge is -2.15. The van der Waals surface area contributed by atoms with E-state index in [2.05, 4.69) is 9.97 Å². The number of aromatic nitrogens is 4. The molecule has 0 bridgehead atoms. The molecule has 8 heteroatoms. The summed E-state index contributed by atoms with van der Waals surface area (Å²) in [5, 5.41) is 0.267. The Bertz CT molecular complexity index is 1280. The zero-order chi connectivity index (χ0) is 20.7. The van der Waals surface area contributed by atoms with Gasteiger partial charge in [-0.3, -0.25) is 13.8 Å². The molecule has 29 heavy (non-hydrogen) atoms. The van der Waals surface area contributed by atoms with Crippen molar-refractivity contribution in [1.29, 1.82) is 0 Å². The van der Waals surface area contributed by atoms with Crippen LogP contribution in [-0.2, 0) is 13.0 Å². The van der Waals surface area contributed by atoms with E-state index >= 15 is 0 Å². The molecule has 0 amide bonds. The molecule has 0 radical (unpaired) electrons. The average Bonchev–Trinajstić information content (AvgIpc) is 3.03. The minimum Gasteiger partial charge on any atom is -0.481 e. The van der Waals surface area contributed by atoms with Gasteiger partial charge < -0.3 is 4.74 Å². The van der Waals surface area contributed by atoms with Crippen LogP contribution in [0.3, 0.4) is 0 Å². The Morgan fingerprint density at radius 1 is 1.21 bits per heavy atom. The van der Waals surface area contributed by atoms with Crippen LogP contribution in [0.15, 0.2) is 35.1 Å². The Hall–Kier alpha value is -2.93. The van der Waals surface area contributed by atoms with Gasteiger partial charge in [-0.25, -0.2) is 9.37 Å². The minimum atomic E-state index is -0.462. The predicted molar refractivity (Wildman–Crippen MR) is 111 cm³/mol. The highest BCUT2D eigenvalue weighted by atomic mass is 35.5. The lowest BCUT2D eigenvalue weighted by atomic mass is 10.2. The van der Waals surface area contributed by atoms with Crippen molar-refractivity contribution in [3.63, 3.8) is 0 Å². The van der Waals surface area contributed by atoms with Gasteiger partial charge in [-0.05, 0) is 31.5 Å². The molecule has 0 fully saturated rings. The number of nitrogens with zero attached hydrogens (tertiary/aromatic N) is 4. The zero-order valence-electron chi connectivity index (χ0n) is 16.4. The predicted octanol–water partition coefficient (Wildman–Crippen LogP) is 4.15. The number of hydrogen-bond donors (Lipinski definition) is 0. The van der Waals surface area contributed by atoms with Crippen LogP contribution < -0.4 is 10.3 Å². The van der Waals surface area contributed by atoms with Crippen LogP contribution in [0.4, 0.5) is 4.39 Å². The van der Waals surface area contributed by atoms with Crippen molar-refractivity contribution in [3.05, 3.63) is 68.6 Å². The van der Waals surface area contributed by atoms with Gasteiger partial charge in [0, 0.05) is 23.1 Å². The highest BCUT2D eigenvalue weighted by Gasteiger charge is 2.20. The van der Waals surface area contributed by atoms with E-state index in [1.807, 2.05) is 6.92 Å². The third-order valence-corrected chi connectivity index (χ3v) is 5.32. The Kier molecular flexibility index (Phi) is 5.00. The molecule has 3 heterocycles. The first-order chi connectivity index (χ1) is 14.0. The van der Waals surface area contributed by atoms with Crippen molar-refractivity contribution in [2.45, 2.75) is 33.2 Å². The van der Waals surface area contributed by atoms with Gasteiger partial charge in [0.15, 0.2) is 5.65 Å². The first-order valence-electron chi connectivity index (χ1n) is 9.34. The summed E-state index contributed by atoms with van der Waals surface area (Å²) in [6, 6.07) is 7.90. The summed E-state index contributed by atoms with van der Waals surface area (Å²) in [5.41, 5.74) is 2.11. The molecule has 0 aliphatic rings. The Balaban J connectivity index is 2.10. The Morgan fingerprint density at radius 3 is 2.69 bits per heavy atom. The molecule has 0 saturated heterocycles. The largest absolute Gasteiger partial charge is 0.481 e. The molecule has 0 aliphatic heterocycles. The van der Waals surface area contributed by atoms with Crippen molar-refractivity contribution in [3.8, 4) is 5.88 Å². The quantitative estimate of drug-likeness (QED) is 0.492. The molecule has 0 spiro atoms. The molecule has 0 atom stereocenters. The number of benzene rings is 1. The van der Waals surface area contributed by atoms with Gasteiger partial charge in [0.25, 0.3) is 5.56 Å². The molecule has 4 rings (SSSR count). The first-order valence-corrected chi connectivity index (χ1v) is 9.72. The molecule has 150 valence electrons. The fourth-order valence-electron chi connectivity index (χ4n) is 3.61. The van der Waals surface area contributed by atoms with Gasteiger partial charge in [-0.1, -0.05) is 24.6 Å². The number of pyridine rings is 1. The normalized spacial score (nSPS) is 11.5. The molecule has 3 aromatic heterocycles. The van der Waals surface area contributed by atoms with E-state index in [-0.39, 0.29) is 22.7 Å². The average molecular weight is 415 g/mol. The topological polar surface area (TPSA) is 61.4 Å². The summed E-state index contributed by atoms with van der Waals surface area (Å²) in [6.07, 6.45) is 1.57. The van der Waals surface area contributed by atoms with E-state index in [1.54, 1.807) is 29.5 Å². The second-order valence-corrected chi connectivity index (χ2v) is 7.24. The van der Waals surface area contributed by atoms with E-state index in [4.69, 9.17) is 16.3 Å².